The van der Waals surface area contributed by atoms with Gasteiger partial charge in [0.1, 0.15) is 11.9 Å². The predicted octanol–water partition coefficient (Wildman–Crippen LogP) is 2.85. The number of benzene rings is 1. The summed E-state index contributed by atoms with van der Waals surface area (Å²) in [6.07, 6.45) is 2.02. The first kappa shape index (κ1) is 12.8. The van der Waals surface area contributed by atoms with Crippen molar-refractivity contribution < 1.29 is 4.74 Å². The first-order chi connectivity index (χ1) is 7.63. The van der Waals surface area contributed by atoms with Crippen LogP contribution in [-0.4, -0.2) is 19.2 Å². The topological polar surface area (TPSA) is 21.3 Å². The van der Waals surface area contributed by atoms with Crippen LogP contribution in [0.4, 0.5) is 0 Å². The summed E-state index contributed by atoms with van der Waals surface area (Å²) in [5.41, 5.74) is 2.46. The summed E-state index contributed by atoms with van der Waals surface area (Å²) in [7, 11) is 0. The maximum atomic E-state index is 5.85. The van der Waals surface area contributed by atoms with E-state index in [9.17, 15) is 0 Å². The molecular formula is C14H21NO. The highest BCUT2D eigenvalue weighted by molar-refractivity contribution is 5.35. The van der Waals surface area contributed by atoms with Crippen LogP contribution >= 0.6 is 0 Å². The molecule has 0 saturated heterocycles. The van der Waals surface area contributed by atoms with Gasteiger partial charge in [-0.1, -0.05) is 23.8 Å². The molecule has 0 aliphatic rings. The van der Waals surface area contributed by atoms with Gasteiger partial charge in [0.2, 0.25) is 0 Å². The zero-order valence-electron chi connectivity index (χ0n) is 10.4. The Morgan fingerprint density at radius 1 is 1.44 bits per heavy atom. The van der Waals surface area contributed by atoms with Crippen molar-refractivity contribution in [1.29, 1.82) is 0 Å². The normalized spacial score (nSPS) is 12.2. The number of hydrogen-bond acceptors (Lipinski definition) is 2. The number of nitrogens with one attached hydrogen (secondary N) is 1. The highest BCUT2D eigenvalue weighted by Gasteiger charge is 2.05. The van der Waals surface area contributed by atoms with Gasteiger partial charge in [-0.3, -0.25) is 0 Å². The summed E-state index contributed by atoms with van der Waals surface area (Å²) in [5, 5.41) is 3.24. The Kier molecular flexibility index (Phi) is 5.06. The first-order valence-electron chi connectivity index (χ1n) is 5.69. The van der Waals surface area contributed by atoms with Crippen molar-refractivity contribution in [3.63, 3.8) is 0 Å². The van der Waals surface area contributed by atoms with Gasteiger partial charge in [0.25, 0.3) is 0 Å². The summed E-state index contributed by atoms with van der Waals surface area (Å²) in [4.78, 5) is 0. The van der Waals surface area contributed by atoms with E-state index in [0.717, 1.165) is 18.8 Å². The molecule has 0 fully saturated rings. The minimum absolute atomic E-state index is 0.168. The molecule has 0 saturated carbocycles. The van der Waals surface area contributed by atoms with Gasteiger partial charge in [-0.15, -0.1) is 6.58 Å². The van der Waals surface area contributed by atoms with Gasteiger partial charge in [-0.25, -0.2) is 0 Å². The van der Waals surface area contributed by atoms with E-state index in [2.05, 4.69) is 44.8 Å². The molecule has 0 aliphatic heterocycles. The van der Waals surface area contributed by atoms with E-state index < -0.39 is 0 Å². The summed E-state index contributed by atoms with van der Waals surface area (Å²) in [6, 6.07) is 6.25. The van der Waals surface area contributed by atoms with Crippen molar-refractivity contribution >= 4 is 0 Å². The molecule has 1 aromatic carbocycles. The number of hydrogen-bond donors (Lipinski definition) is 1. The smallest absolute Gasteiger partial charge is 0.122 e. The van der Waals surface area contributed by atoms with E-state index in [4.69, 9.17) is 4.74 Å². The largest absolute Gasteiger partial charge is 0.489 e. The number of aryl methyl sites for hydroxylation is 2. The predicted molar refractivity (Wildman–Crippen MR) is 69.1 cm³/mol. The fourth-order valence-corrected chi connectivity index (χ4v) is 1.58. The molecule has 16 heavy (non-hydrogen) atoms. The van der Waals surface area contributed by atoms with Crippen molar-refractivity contribution in [2.75, 3.05) is 13.1 Å². The van der Waals surface area contributed by atoms with Crippen molar-refractivity contribution in [3.05, 3.63) is 42.0 Å². The molecule has 1 rings (SSSR count). The van der Waals surface area contributed by atoms with Crippen LogP contribution in [0, 0.1) is 13.8 Å². The maximum Gasteiger partial charge on any atom is 0.122 e. The second-order valence-electron chi connectivity index (χ2n) is 4.14. The Morgan fingerprint density at radius 3 is 2.81 bits per heavy atom. The molecule has 1 atom stereocenters. The molecular weight excluding hydrogens is 198 g/mol. The minimum Gasteiger partial charge on any atom is -0.489 e. The molecule has 2 nitrogen and oxygen atoms in total. The highest BCUT2D eigenvalue weighted by atomic mass is 16.5. The average molecular weight is 219 g/mol. The number of rotatable bonds is 6. The van der Waals surface area contributed by atoms with Gasteiger partial charge < -0.3 is 10.1 Å². The standard InChI is InChI=1S/C14H21NO/c1-5-8-15-10-13(4)16-14-7-6-11(2)9-12(14)3/h5-7,9,13,15H,1,8,10H2,2-4H3. The minimum atomic E-state index is 0.168. The molecule has 0 aliphatic carbocycles. The van der Waals surface area contributed by atoms with Crippen LogP contribution in [0.5, 0.6) is 5.75 Å². The summed E-state index contributed by atoms with van der Waals surface area (Å²) in [5.74, 6) is 0.971. The zero-order chi connectivity index (χ0) is 12.0. The van der Waals surface area contributed by atoms with Crippen molar-refractivity contribution in [2.45, 2.75) is 26.9 Å². The lowest BCUT2D eigenvalue weighted by Gasteiger charge is -2.16. The highest BCUT2D eigenvalue weighted by Crippen LogP contribution is 2.19. The Labute approximate surface area is 98.3 Å². The Morgan fingerprint density at radius 2 is 2.19 bits per heavy atom. The third kappa shape index (κ3) is 4.07. The van der Waals surface area contributed by atoms with Gasteiger partial charge in [0.05, 0.1) is 0 Å². The molecule has 1 N–H and O–H groups in total. The first-order valence-corrected chi connectivity index (χ1v) is 5.69. The van der Waals surface area contributed by atoms with Crippen LogP contribution in [0.2, 0.25) is 0 Å². The van der Waals surface area contributed by atoms with Gasteiger partial charge >= 0.3 is 0 Å². The molecule has 0 bridgehead atoms. The molecule has 2 heteroatoms. The summed E-state index contributed by atoms with van der Waals surface area (Å²) in [6.45, 7) is 11.5. The summed E-state index contributed by atoms with van der Waals surface area (Å²) < 4.78 is 5.85. The summed E-state index contributed by atoms with van der Waals surface area (Å²) >= 11 is 0. The zero-order valence-corrected chi connectivity index (χ0v) is 10.4. The molecule has 1 unspecified atom stereocenters. The fraction of sp³-hybridized carbons (Fsp3) is 0.429. The van der Waals surface area contributed by atoms with Crippen LogP contribution in [0.3, 0.4) is 0 Å². The molecule has 0 amide bonds. The van der Waals surface area contributed by atoms with Gasteiger partial charge in [0, 0.05) is 13.1 Å². The van der Waals surface area contributed by atoms with Gasteiger partial charge in [0.15, 0.2) is 0 Å². The quantitative estimate of drug-likeness (QED) is 0.587. The van der Waals surface area contributed by atoms with E-state index in [-0.39, 0.29) is 6.10 Å². The SMILES string of the molecule is C=CCNCC(C)Oc1ccc(C)cc1C. The van der Waals surface area contributed by atoms with Crippen LogP contribution in [-0.2, 0) is 0 Å². The maximum absolute atomic E-state index is 5.85. The molecule has 88 valence electrons. The Hall–Kier alpha value is -1.28. The van der Waals surface area contributed by atoms with Crippen LogP contribution in [0.25, 0.3) is 0 Å². The van der Waals surface area contributed by atoms with E-state index in [1.54, 1.807) is 0 Å². The lowest BCUT2D eigenvalue weighted by Crippen LogP contribution is -2.29. The van der Waals surface area contributed by atoms with Gasteiger partial charge in [-0.05, 0) is 32.4 Å². The third-order valence-electron chi connectivity index (χ3n) is 2.38. The average Bonchev–Trinajstić information content (AvgIpc) is 2.23. The van der Waals surface area contributed by atoms with Crippen LogP contribution in [0.1, 0.15) is 18.1 Å². The van der Waals surface area contributed by atoms with E-state index in [0.29, 0.717) is 0 Å². The molecule has 0 heterocycles. The van der Waals surface area contributed by atoms with E-state index in [1.807, 2.05) is 12.1 Å². The molecule has 0 aromatic heterocycles. The van der Waals surface area contributed by atoms with E-state index in [1.165, 1.54) is 11.1 Å². The lowest BCUT2D eigenvalue weighted by atomic mass is 10.1. The Bertz CT molecular complexity index is 347. The van der Waals surface area contributed by atoms with Gasteiger partial charge in [-0.2, -0.15) is 0 Å². The second-order valence-corrected chi connectivity index (χ2v) is 4.14. The molecule has 0 spiro atoms. The Balaban J connectivity index is 2.49. The van der Waals surface area contributed by atoms with Crippen molar-refractivity contribution in [3.8, 4) is 5.75 Å². The van der Waals surface area contributed by atoms with Crippen molar-refractivity contribution in [2.24, 2.45) is 0 Å². The molecule has 1 aromatic rings. The van der Waals surface area contributed by atoms with Crippen molar-refractivity contribution in [1.82, 2.24) is 5.32 Å². The molecule has 0 radical (unpaired) electrons. The lowest BCUT2D eigenvalue weighted by molar-refractivity contribution is 0.217. The second kappa shape index (κ2) is 6.33. The fourth-order valence-electron chi connectivity index (χ4n) is 1.58. The van der Waals surface area contributed by atoms with Crippen LogP contribution in [0.15, 0.2) is 30.9 Å². The van der Waals surface area contributed by atoms with Crippen LogP contribution < -0.4 is 10.1 Å². The third-order valence-corrected chi connectivity index (χ3v) is 2.38. The van der Waals surface area contributed by atoms with E-state index >= 15 is 0 Å². The monoisotopic (exact) mass is 219 g/mol. The number of ether oxygens (including phenoxy) is 1.